The lowest BCUT2D eigenvalue weighted by atomic mass is 12.0. The van der Waals surface area contributed by atoms with Gasteiger partial charge in [-0.25, -0.2) is 4.57 Å². The van der Waals surface area contributed by atoms with Crippen LogP contribution in [0.15, 0.2) is 0 Å². The van der Waals surface area contributed by atoms with Crippen LogP contribution in [-0.4, -0.2) is 21.3 Å². The molecule has 0 amide bonds. The van der Waals surface area contributed by atoms with Crippen LogP contribution in [0.25, 0.3) is 0 Å². The number of phosphoric acid groups is 1. The Kier molecular flexibility index (Phi) is 8.33. The maximum atomic E-state index is 8.88. The van der Waals surface area contributed by atoms with Crippen molar-refractivity contribution in [3.63, 3.8) is 0 Å². The van der Waals surface area contributed by atoms with Gasteiger partial charge in [-0.3, -0.25) is 0 Å². The van der Waals surface area contributed by atoms with E-state index in [1.54, 1.807) is 6.66 Å². The zero-order valence-corrected chi connectivity index (χ0v) is 7.70. The Balaban J connectivity index is 0. The molecular formula is CH6Cl2O4P2. The molecule has 0 fully saturated rings. The summed E-state index contributed by atoms with van der Waals surface area (Å²) in [6, 6.07) is 0. The zero-order valence-electron chi connectivity index (χ0n) is 4.40. The van der Waals surface area contributed by atoms with Crippen LogP contribution in [0.1, 0.15) is 0 Å². The minimum Gasteiger partial charge on any atom is -0.303 e. The highest BCUT2D eigenvalue weighted by molar-refractivity contribution is 8.03. The Bertz CT molecular complexity index is 87.7. The van der Waals surface area contributed by atoms with Crippen molar-refractivity contribution < 1.29 is 19.2 Å². The largest absolute Gasteiger partial charge is 0.466 e. The summed E-state index contributed by atoms with van der Waals surface area (Å²) < 4.78 is 8.88. The summed E-state index contributed by atoms with van der Waals surface area (Å²) in [5.74, 6) is 0. The molecule has 0 heterocycles. The average Bonchev–Trinajstić information content (AvgIpc) is 1.19. The Morgan fingerprint density at radius 3 is 1.33 bits per heavy atom. The maximum absolute atomic E-state index is 8.88. The van der Waals surface area contributed by atoms with Gasteiger partial charge in [0, 0.05) is 0 Å². The Morgan fingerprint density at radius 2 is 1.33 bits per heavy atom. The molecule has 8 heteroatoms. The molecule has 0 unspecified atom stereocenters. The van der Waals surface area contributed by atoms with Crippen LogP contribution in [-0.2, 0) is 4.57 Å². The van der Waals surface area contributed by atoms with Gasteiger partial charge in [0.05, 0.1) is 6.63 Å². The summed E-state index contributed by atoms with van der Waals surface area (Å²) in [5.41, 5.74) is 0. The van der Waals surface area contributed by atoms with Crippen LogP contribution in [0.3, 0.4) is 0 Å². The molecule has 0 rings (SSSR count). The normalized spacial score (nSPS) is 10.6. The van der Waals surface area contributed by atoms with Gasteiger partial charge in [0.25, 0.3) is 0 Å². The Hall–Kier alpha value is 1.12. The molecule has 0 aliphatic heterocycles. The molecule has 0 saturated heterocycles. The molecule has 4 nitrogen and oxygen atoms in total. The summed E-state index contributed by atoms with van der Waals surface area (Å²) in [6.07, 6.45) is 0. The number of rotatable bonds is 0. The predicted molar refractivity (Wildman–Crippen MR) is 38.8 cm³/mol. The molecule has 0 aromatic rings. The number of hydrogen-bond acceptors (Lipinski definition) is 1. The van der Waals surface area contributed by atoms with Gasteiger partial charge in [-0.05, 0) is 6.66 Å². The van der Waals surface area contributed by atoms with E-state index in [0.29, 0.717) is 0 Å². The number of halogens is 2. The first-order chi connectivity index (χ1) is 3.73. The molecule has 0 aromatic carbocycles. The van der Waals surface area contributed by atoms with Crippen LogP contribution in [0, 0.1) is 0 Å². The fourth-order valence-corrected chi connectivity index (χ4v) is 0. The van der Waals surface area contributed by atoms with E-state index in [1.807, 2.05) is 0 Å². The second-order valence-electron chi connectivity index (χ2n) is 0.915. The van der Waals surface area contributed by atoms with Crippen molar-refractivity contribution >= 4 is 36.9 Å². The monoisotopic (exact) mass is 214 g/mol. The Labute approximate surface area is 63.4 Å². The van der Waals surface area contributed by atoms with Gasteiger partial charge < -0.3 is 14.7 Å². The van der Waals surface area contributed by atoms with Crippen molar-refractivity contribution in [2.24, 2.45) is 0 Å². The van der Waals surface area contributed by atoms with E-state index in [2.05, 4.69) is 0 Å². The van der Waals surface area contributed by atoms with E-state index < -0.39 is 14.4 Å². The van der Waals surface area contributed by atoms with Gasteiger partial charge in [0.15, 0.2) is 0 Å². The van der Waals surface area contributed by atoms with E-state index in [0.717, 1.165) is 0 Å². The maximum Gasteiger partial charge on any atom is 0.466 e. The first kappa shape index (κ1) is 12.8. The second kappa shape index (κ2) is 5.87. The van der Waals surface area contributed by atoms with Gasteiger partial charge in [-0.15, -0.1) is 0 Å². The van der Waals surface area contributed by atoms with Crippen molar-refractivity contribution in [3.05, 3.63) is 0 Å². The SMILES string of the molecule is CP(Cl)Cl.O=P(O)(O)O. The number of hydrogen-bond donors (Lipinski definition) is 3. The van der Waals surface area contributed by atoms with Gasteiger partial charge >= 0.3 is 7.82 Å². The summed E-state index contributed by atoms with van der Waals surface area (Å²) in [5, 5.41) is 0. The fourth-order valence-electron chi connectivity index (χ4n) is 0. The molecule has 3 N–H and O–H groups in total. The van der Waals surface area contributed by atoms with Gasteiger partial charge in [-0.1, -0.05) is 22.5 Å². The lowest BCUT2D eigenvalue weighted by Gasteiger charge is -1.82. The molecule has 0 aliphatic carbocycles. The molecule has 0 atom stereocenters. The van der Waals surface area contributed by atoms with Crippen LogP contribution < -0.4 is 0 Å². The smallest absolute Gasteiger partial charge is 0.303 e. The third-order valence-corrected chi connectivity index (χ3v) is 0. The van der Waals surface area contributed by atoms with Crippen LogP contribution in [0.4, 0.5) is 0 Å². The predicted octanol–water partition coefficient (Wildman–Crippen LogP) is 1.48. The molecule has 0 saturated carbocycles. The fraction of sp³-hybridized carbons (Fsp3) is 1.00. The van der Waals surface area contributed by atoms with E-state index >= 15 is 0 Å². The first-order valence-electron chi connectivity index (χ1n) is 1.57. The highest BCUT2D eigenvalue weighted by Gasteiger charge is 2.00. The van der Waals surface area contributed by atoms with Crippen LogP contribution >= 0.6 is 36.9 Å². The minimum atomic E-state index is -4.64. The zero-order chi connectivity index (χ0) is 8.08. The standard InChI is InChI=1S/CH3Cl2P.H3O4P/c1-4(2)3;1-5(2,3)4/h1H3;(H3,1,2,3,4). The lowest BCUT2D eigenvalue weighted by Crippen LogP contribution is -1.66. The van der Waals surface area contributed by atoms with Crippen LogP contribution in [0.5, 0.6) is 0 Å². The average molecular weight is 215 g/mol. The minimum absolute atomic E-state index is 0.676. The van der Waals surface area contributed by atoms with Gasteiger partial charge in [0.2, 0.25) is 0 Å². The molecular weight excluding hydrogens is 209 g/mol. The summed E-state index contributed by atoms with van der Waals surface area (Å²) in [4.78, 5) is 21.6. The van der Waals surface area contributed by atoms with E-state index in [1.165, 1.54) is 0 Å². The van der Waals surface area contributed by atoms with Gasteiger partial charge in [-0.2, -0.15) is 0 Å². The van der Waals surface area contributed by atoms with Crippen molar-refractivity contribution in [1.29, 1.82) is 0 Å². The molecule has 0 radical (unpaired) electrons. The summed E-state index contributed by atoms with van der Waals surface area (Å²) >= 11 is 10.2. The molecule has 9 heavy (non-hydrogen) atoms. The molecule has 0 bridgehead atoms. The Morgan fingerprint density at radius 1 is 1.33 bits per heavy atom. The highest BCUT2D eigenvalue weighted by atomic mass is 35.9. The van der Waals surface area contributed by atoms with E-state index in [4.69, 9.17) is 41.7 Å². The van der Waals surface area contributed by atoms with E-state index in [9.17, 15) is 0 Å². The molecule has 58 valence electrons. The molecule has 0 aliphatic rings. The topological polar surface area (TPSA) is 77.8 Å². The second-order valence-corrected chi connectivity index (χ2v) is 6.31. The van der Waals surface area contributed by atoms with Gasteiger partial charge in [0.1, 0.15) is 0 Å². The van der Waals surface area contributed by atoms with Crippen molar-refractivity contribution in [2.45, 2.75) is 0 Å². The summed E-state index contributed by atoms with van der Waals surface area (Å²) in [7, 11) is -4.64. The molecule has 0 aromatic heterocycles. The lowest BCUT2D eigenvalue weighted by molar-refractivity contribution is 0.275. The summed E-state index contributed by atoms with van der Waals surface area (Å²) in [6.45, 7) is 1.09. The van der Waals surface area contributed by atoms with E-state index in [-0.39, 0.29) is 0 Å². The highest BCUT2D eigenvalue weighted by Crippen LogP contribution is 2.41. The third kappa shape index (κ3) is 369. The third-order valence-electron chi connectivity index (χ3n) is 0. The van der Waals surface area contributed by atoms with Crippen molar-refractivity contribution in [2.75, 3.05) is 6.66 Å². The first-order valence-corrected chi connectivity index (χ1v) is 6.73. The molecule has 0 spiro atoms. The van der Waals surface area contributed by atoms with Crippen molar-refractivity contribution in [3.8, 4) is 0 Å². The quantitative estimate of drug-likeness (QED) is 0.534. The van der Waals surface area contributed by atoms with Crippen LogP contribution in [0.2, 0.25) is 0 Å². The van der Waals surface area contributed by atoms with Crippen molar-refractivity contribution in [1.82, 2.24) is 0 Å².